The summed E-state index contributed by atoms with van der Waals surface area (Å²) in [5.74, 6) is 0.905. The second kappa shape index (κ2) is 6.31. The van der Waals surface area contributed by atoms with Gasteiger partial charge in [0.15, 0.2) is 0 Å². The molecular weight excluding hydrogens is 262 g/mol. The van der Waals surface area contributed by atoms with Gasteiger partial charge in [-0.1, -0.05) is 12.1 Å². The van der Waals surface area contributed by atoms with Gasteiger partial charge in [-0.25, -0.2) is 0 Å². The predicted octanol–water partition coefficient (Wildman–Crippen LogP) is 3.08. The Hall–Kier alpha value is -1.81. The molecule has 1 aliphatic carbocycles. The van der Waals surface area contributed by atoms with Crippen molar-refractivity contribution in [3.05, 3.63) is 47.3 Å². The van der Waals surface area contributed by atoms with E-state index >= 15 is 0 Å². The topological polar surface area (TPSA) is 39.1 Å². The Morgan fingerprint density at radius 2 is 2.14 bits per heavy atom. The minimum absolute atomic E-state index is 0.427. The number of hydrogen-bond acceptors (Lipinski definition) is 3. The van der Waals surface area contributed by atoms with E-state index in [1.165, 1.54) is 29.7 Å². The number of benzene rings is 1. The van der Waals surface area contributed by atoms with Gasteiger partial charge in [-0.15, -0.1) is 0 Å². The Kier molecular flexibility index (Phi) is 4.25. The smallest absolute Gasteiger partial charge is 0.118 e. The van der Waals surface area contributed by atoms with E-state index in [0.717, 1.165) is 25.3 Å². The van der Waals surface area contributed by atoms with Crippen molar-refractivity contribution >= 4 is 0 Å². The fourth-order valence-corrected chi connectivity index (χ4v) is 3.09. The van der Waals surface area contributed by atoms with Gasteiger partial charge in [0, 0.05) is 30.4 Å². The lowest BCUT2D eigenvalue weighted by Crippen LogP contribution is -2.25. The van der Waals surface area contributed by atoms with E-state index in [-0.39, 0.29) is 0 Å². The minimum Gasteiger partial charge on any atom is -0.497 e. The zero-order valence-corrected chi connectivity index (χ0v) is 12.8. The number of aromatic nitrogens is 2. The molecule has 0 saturated heterocycles. The van der Waals surface area contributed by atoms with Crippen LogP contribution in [0.1, 0.15) is 42.6 Å². The van der Waals surface area contributed by atoms with Crippen molar-refractivity contribution in [2.24, 2.45) is 0 Å². The van der Waals surface area contributed by atoms with Crippen molar-refractivity contribution in [3.8, 4) is 5.75 Å². The molecule has 2 aromatic rings. The van der Waals surface area contributed by atoms with Crippen LogP contribution in [0, 0.1) is 0 Å². The Balaban J connectivity index is 1.67. The number of rotatable bonds is 5. The van der Waals surface area contributed by atoms with Crippen LogP contribution >= 0.6 is 0 Å². The second-order valence-electron chi connectivity index (χ2n) is 5.54. The molecule has 1 heterocycles. The third-order valence-corrected chi connectivity index (χ3v) is 4.27. The van der Waals surface area contributed by atoms with E-state index in [9.17, 15) is 0 Å². The van der Waals surface area contributed by atoms with Crippen molar-refractivity contribution in [1.82, 2.24) is 15.1 Å². The number of nitrogens with zero attached hydrogens (tertiary/aromatic N) is 2. The SMILES string of the molecule is CCn1ncc2c1CCCC2NCc1ccc(OC)cc1. The molecule has 4 heteroatoms. The highest BCUT2D eigenvalue weighted by Crippen LogP contribution is 2.29. The molecule has 1 N–H and O–H groups in total. The highest BCUT2D eigenvalue weighted by molar-refractivity contribution is 5.28. The Morgan fingerprint density at radius 3 is 2.86 bits per heavy atom. The number of methoxy groups -OCH3 is 1. The first-order chi connectivity index (χ1) is 10.3. The van der Waals surface area contributed by atoms with Gasteiger partial charge >= 0.3 is 0 Å². The summed E-state index contributed by atoms with van der Waals surface area (Å²) < 4.78 is 7.33. The fraction of sp³-hybridized carbons (Fsp3) is 0.471. The lowest BCUT2D eigenvalue weighted by molar-refractivity contribution is 0.414. The van der Waals surface area contributed by atoms with Gasteiger partial charge in [-0.3, -0.25) is 4.68 Å². The number of hydrogen-bond donors (Lipinski definition) is 1. The Labute approximate surface area is 126 Å². The fourth-order valence-electron chi connectivity index (χ4n) is 3.09. The quantitative estimate of drug-likeness (QED) is 0.917. The summed E-state index contributed by atoms with van der Waals surface area (Å²) in [6.07, 6.45) is 5.63. The first-order valence-corrected chi connectivity index (χ1v) is 7.72. The van der Waals surface area contributed by atoms with Crippen LogP contribution in [0.3, 0.4) is 0 Å². The standard InChI is InChI=1S/C17H23N3O/c1-3-20-17-6-4-5-16(15(17)12-19-20)18-11-13-7-9-14(21-2)10-8-13/h7-10,12,16,18H,3-6,11H2,1-2H3. The summed E-state index contributed by atoms with van der Waals surface area (Å²) in [5.41, 5.74) is 4.08. The van der Waals surface area contributed by atoms with Crippen molar-refractivity contribution in [1.29, 1.82) is 0 Å². The van der Waals surface area contributed by atoms with E-state index in [1.54, 1.807) is 7.11 Å². The molecule has 1 aromatic heterocycles. The third kappa shape index (κ3) is 2.95. The molecule has 1 unspecified atom stereocenters. The van der Waals surface area contributed by atoms with Crippen molar-refractivity contribution in [2.75, 3.05) is 7.11 Å². The zero-order valence-electron chi connectivity index (χ0n) is 12.8. The van der Waals surface area contributed by atoms with Crippen LogP contribution in [-0.4, -0.2) is 16.9 Å². The van der Waals surface area contributed by atoms with E-state index in [1.807, 2.05) is 18.3 Å². The highest BCUT2D eigenvalue weighted by atomic mass is 16.5. The predicted molar refractivity (Wildman–Crippen MR) is 83.4 cm³/mol. The molecule has 0 saturated carbocycles. The molecule has 1 aromatic carbocycles. The van der Waals surface area contributed by atoms with Gasteiger partial charge in [0.1, 0.15) is 5.75 Å². The second-order valence-corrected chi connectivity index (χ2v) is 5.54. The average Bonchev–Trinajstić information content (AvgIpc) is 2.97. The van der Waals surface area contributed by atoms with Crippen molar-refractivity contribution in [2.45, 2.75) is 45.3 Å². The maximum atomic E-state index is 5.19. The average molecular weight is 285 g/mol. The molecule has 0 spiro atoms. The maximum absolute atomic E-state index is 5.19. The van der Waals surface area contributed by atoms with E-state index < -0.39 is 0 Å². The summed E-state index contributed by atoms with van der Waals surface area (Å²) >= 11 is 0. The molecular formula is C17H23N3O. The van der Waals surface area contributed by atoms with Crippen LogP contribution in [0.25, 0.3) is 0 Å². The molecule has 0 amide bonds. The van der Waals surface area contributed by atoms with Gasteiger partial charge in [0.25, 0.3) is 0 Å². The van der Waals surface area contributed by atoms with Crippen LogP contribution in [0.15, 0.2) is 30.5 Å². The molecule has 3 rings (SSSR count). The van der Waals surface area contributed by atoms with Gasteiger partial charge < -0.3 is 10.1 Å². The van der Waals surface area contributed by atoms with Crippen molar-refractivity contribution < 1.29 is 4.74 Å². The largest absolute Gasteiger partial charge is 0.497 e. The molecule has 1 aliphatic rings. The summed E-state index contributed by atoms with van der Waals surface area (Å²) in [6.45, 7) is 3.99. The molecule has 1 atom stereocenters. The first kappa shape index (κ1) is 14.1. The molecule has 0 fully saturated rings. The van der Waals surface area contributed by atoms with Gasteiger partial charge in [-0.05, 0) is 43.9 Å². The molecule has 21 heavy (non-hydrogen) atoms. The Morgan fingerprint density at radius 1 is 1.33 bits per heavy atom. The zero-order chi connectivity index (χ0) is 14.7. The summed E-state index contributed by atoms with van der Waals surface area (Å²) in [7, 11) is 1.70. The maximum Gasteiger partial charge on any atom is 0.118 e. The molecule has 4 nitrogen and oxygen atoms in total. The number of ether oxygens (including phenoxy) is 1. The van der Waals surface area contributed by atoms with Crippen LogP contribution < -0.4 is 10.1 Å². The van der Waals surface area contributed by atoms with Crippen LogP contribution in [0.5, 0.6) is 5.75 Å². The summed E-state index contributed by atoms with van der Waals surface area (Å²) in [4.78, 5) is 0. The molecule has 112 valence electrons. The lowest BCUT2D eigenvalue weighted by Gasteiger charge is -2.24. The monoisotopic (exact) mass is 285 g/mol. The molecule has 0 aliphatic heterocycles. The first-order valence-electron chi connectivity index (χ1n) is 7.72. The minimum atomic E-state index is 0.427. The lowest BCUT2D eigenvalue weighted by atomic mass is 9.93. The third-order valence-electron chi connectivity index (χ3n) is 4.27. The molecule has 0 radical (unpaired) electrons. The highest BCUT2D eigenvalue weighted by Gasteiger charge is 2.23. The van der Waals surface area contributed by atoms with E-state index in [0.29, 0.717) is 6.04 Å². The summed E-state index contributed by atoms with van der Waals surface area (Å²) in [6, 6.07) is 8.68. The molecule has 0 bridgehead atoms. The van der Waals surface area contributed by atoms with E-state index in [4.69, 9.17) is 4.74 Å². The van der Waals surface area contributed by atoms with Gasteiger partial charge in [0.2, 0.25) is 0 Å². The number of aryl methyl sites for hydroxylation is 1. The van der Waals surface area contributed by atoms with Crippen LogP contribution in [-0.2, 0) is 19.5 Å². The Bertz CT molecular complexity index is 589. The normalized spacial score (nSPS) is 17.5. The number of fused-ring (bicyclic) bond motifs is 1. The number of nitrogens with one attached hydrogen (secondary N) is 1. The van der Waals surface area contributed by atoms with Crippen LogP contribution in [0.2, 0.25) is 0 Å². The van der Waals surface area contributed by atoms with Crippen molar-refractivity contribution in [3.63, 3.8) is 0 Å². The van der Waals surface area contributed by atoms with Gasteiger partial charge in [0.05, 0.1) is 13.3 Å². The van der Waals surface area contributed by atoms with Crippen LogP contribution in [0.4, 0.5) is 0 Å². The summed E-state index contributed by atoms with van der Waals surface area (Å²) in [5, 5.41) is 8.18. The van der Waals surface area contributed by atoms with E-state index in [2.05, 4.69) is 34.2 Å². The van der Waals surface area contributed by atoms with Gasteiger partial charge in [-0.2, -0.15) is 5.10 Å².